The Morgan fingerprint density at radius 1 is 0.547 bits per heavy atom. The van der Waals surface area contributed by atoms with Crippen molar-refractivity contribution in [2.24, 2.45) is 0 Å². The molecule has 3 aliphatic rings. The maximum Gasteiger partial charge on any atom is 0.338 e. The van der Waals surface area contributed by atoms with Crippen LogP contribution >= 0.6 is 11.7 Å². The number of ether oxygens (including phenoxy) is 1. The molecule has 0 fully saturated rings. The molecule has 0 spiro atoms. The Labute approximate surface area is 561 Å². The van der Waals surface area contributed by atoms with Crippen LogP contribution in [0.5, 0.6) is 0 Å². The second-order valence-electron chi connectivity index (χ2n) is 29.1. The third-order valence-corrected chi connectivity index (χ3v) is 18.3. The number of nitrogens with one attached hydrogen (secondary N) is 2. The number of carboxylic acids is 1. The minimum absolute atomic E-state index is 0.0781. The van der Waals surface area contributed by atoms with Gasteiger partial charge in [-0.3, -0.25) is 0 Å². The van der Waals surface area contributed by atoms with Crippen molar-refractivity contribution in [3.05, 3.63) is 254 Å². The number of fused-ring (bicyclic) bond motifs is 9. The molecular formula is C84H79N7O3S. The summed E-state index contributed by atoms with van der Waals surface area (Å²) in [6, 6.07) is 55.4. The summed E-state index contributed by atoms with van der Waals surface area (Å²) >= 11 is 0.969. The number of hydrogen-bond acceptors (Lipinski definition) is 8. The van der Waals surface area contributed by atoms with E-state index in [0.29, 0.717) is 34.3 Å². The molecule has 0 saturated heterocycles. The van der Waals surface area contributed by atoms with E-state index in [4.69, 9.17) is 14.7 Å². The number of aromatic carboxylic acids is 1. The number of para-hydroxylation sites is 2. The van der Waals surface area contributed by atoms with Gasteiger partial charge in [0.2, 0.25) is 0 Å². The number of hydrogen-bond donors (Lipinski definition) is 3. The molecule has 6 aromatic carbocycles. The van der Waals surface area contributed by atoms with E-state index in [0.717, 1.165) is 113 Å². The average Bonchev–Trinajstić information content (AvgIpc) is 1.70. The van der Waals surface area contributed by atoms with E-state index >= 15 is 0 Å². The molecule has 0 saturated carbocycles. The fraction of sp³-hybridized carbons (Fsp3) is 0.226. The highest BCUT2D eigenvalue weighted by molar-refractivity contribution is 7.00. The second-order valence-corrected chi connectivity index (χ2v) is 29.7. The van der Waals surface area contributed by atoms with Crippen LogP contribution < -0.4 is 4.90 Å². The molecule has 0 amide bonds. The van der Waals surface area contributed by atoms with Gasteiger partial charge in [0.1, 0.15) is 16.8 Å². The van der Waals surface area contributed by atoms with Crippen molar-refractivity contribution in [1.82, 2.24) is 28.7 Å². The van der Waals surface area contributed by atoms with Gasteiger partial charge in [0, 0.05) is 56.7 Å². The summed E-state index contributed by atoms with van der Waals surface area (Å²) in [4.78, 5) is 33.9. The summed E-state index contributed by atoms with van der Waals surface area (Å²) in [5.74, 6) is 6.68. The summed E-state index contributed by atoms with van der Waals surface area (Å²) in [7, 11) is 0. The molecule has 10 nitrogen and oxygen atoms in total. The van der Waals surface area contributed by atoms with Crippen LogP contribution in [0.3, 0.4) is 0 Å². The number of H-pyrrole nitrogens is 2. The van der Waals surface area contributed by atoms with Crippen LogP contribution in [-0.4, -0.2) is 45.9 Å². The molecule has 3 N–H and O–H groups in total. The summed E-state index contributed by atoms with van der Waals surface area (Å²) in [5.41, 5.74) is 22.9. The van der Waals surface area contributed by atoms with E-state index in [-0.39, 0.29) is 33.3 Å². The summed E-state index contributed by atoms with van der Waals surface area (Å²) in [5, 5.41) is 10.1. The first-order valence-electron chi connectivity index (χ1n) is 32.6. The molecular weight excluding hydrogens is 1190 g/mol. The first-order valence-corrected chi connectivity index (χ1v) is 33.3. The number of carbonyl (C=O) groups is 1. The van der Waals surface area contributed by atoms with Gasteiger partial charge in [-0.2, -0.15) is 8.75 Å². The van der Waals surface area contributed by atoms with Crippen molar-refractivity contribution >= 4 is 104 Å². The Balaban J connectivity index is 1.05. The molecule has 0 aliphatic carbocycles. The second kappa shape index (κ2) is 24.8. The molecule has 1 unspecified atom stereocenters. The van der Waals surface area contributed by atoms with E-state index in [1.54, 1.807) is 12.1 Å². The topological polar surface area (TPSA) is 133 Å². The number of anilines is 3. The quantitative estimate of drug-likeness (QED) is 0.122. The van der Waals surface area contributed by atoms with Crippen LogP contribution in [0.15, 0.2) is 181 Å². The summed E-state index contributed by atoms with van der Waals surface area (Å²) in [6.45, 7) is 29.3. The third-order valence-electron chi connectivity index (χ3n) is 17.8. The number of aromatic amines is 2. The molecule has 3 aliphatic heterocycles. The SMILES string of the molecule is CC1C/C(=C/c2c3nc(c(-c4cc(C(C)(C)C)cc(C(C)(C)C)c4)c4ccc([nH]4)c(C#Cc4ccc(C(=O)O)c5nsnc45)c4nc(c(-c5cc(C(C)(C)C)cc(C(C)(C)C)c5)c5ccc2[nH]5)C=C4)C=C3)C=C(/C=C\c2ccc(N(c3ccccc3)c3ccccc3)cc2)O1. The van der Waals surface area contributed by atoms with Gasteiger partial charge < -0.3 is 24.7 Å². The van der Waals surface area contributed by atoms with Gasteiger partial charge in [0.05, 0.1) is 62.8 Å². The maximum absolute atomic E-state index is 12.4. The molecule has 13 rings (SSSR count). The van der Waals surface area contributed by atoms with Crippen LogP contribution in [0.25, 0.3) is 91.8 Å². The standard InChI is InChI=1S/C84H79N7O3S/c1-51-42-53(43-64(94-51)31-26-52-24-29-63(30-25-52)91(61-20-16-14-17-21-61)62-22-18-15-19-23-62)44-67-70-36-40-74(87-70)76(55-45-57(81(2,3)4)49-58(46-55)82(5,6)7)72-38-34-68(85-72)65(32-27-54-28-33-66(80(92)93)79-78(54)89-95-90-79)69-35-39-73(86-69)77(75-41-37-71(67)88-75)56-47-59(83(8,9)10)50-60(48-56)84(11,12)13/h14-26,28-31,33-41,43-51,85,88H,42H2,1-13H3,(H,92,93)/b31-26-,53-44-,68-65?,69-65?,70-67?,71-67?,76-72?,76-74?,77-73?,77-75?. The molecule has 1 atom stereocenters. The Bertz CT molecular complexity index is 4920. The van der Waals surface area contributed by atoms with Crippen LogP contribution in [0.1, 0.15) is 174 Å². The van der Waals surface area contributed by atoms with Gasteiger partial charge in [-0.05, 0) is 188 Å². The van der Waals surface area contributed by atoms with Gasteiger partial charge in [-0.1, -0.05) is 186 Å². The molecule has 10 aromatic rings. The maximum atomic E-state index is 12.4. The smallest absolute Gasteiger partial charge is 0.338 e. The lowest BCUT2D eigenvalue weighted by molar-refractivity contribution is 0.0698. The zero-order chi connectivity index (χ0) is 66.7. The largest absolute Gasteiger partial charge is 0.490 e. The Morgan fingerprint density at radius 3 is 1.58 bits per heavy atom. The predicted molar refractivity (Wildman–Crippen MR) is 396 cm³/mol. The number of carboxylic acid groups (broad SMARTS) is 1. The van der Waals surface area contributed by atoms with E-state index < -0.39 is 5.97 Å². The number of allylic oxidation sites excluding steroid dienone is 2. The minimum Gasteiger partial charge on any atom is -0.490 e. The van der Waals surface area contributed by atoms with Crippen molar-refractivity contribution in [3.8, 4) is 34.1 Å². The monoisotopic (exact) mass is 1270 g/mol. The highest BCUT2D eigenvalue weighted by atomic mass is 32.1. The number of rotatable bonds is 9. The van der Waals surface area contributed by atoms with Gasteiger partial charge >= 0.3 is 5.97 Å². The molecule has 8 bridgehead atoms. The van der Waals surface area contributed by atoms with Crippen LogP contribution in [0.4, 0.5) is 17.1 Å². The molecule has 4 aromatic heterocycles. The van der Waals surface area contributed by atoms with Crippen molar-refractivity contribution in [2.45, 2.75) is 124 Å². The van der Waals surface area contributed by atoms with Crippen LogP contribution in [0, 0.1) is 11.8 Å². The molecule has 95 heavy (non-hydrogen) atoms. The van der Waals surface area contributed by atoms with Crippen molar-refractivity contribution in [2.75, 3.05) is 4.90 Å². The molecule has 0 radical (unpaired) electrons. The third kappa shape index (κ3) is 13.3. The van der Waals surface area contributed by atoms with E-state index in [1.165, 1.54) is 22.3 Å². The normalized spacial score (nSPS) is 14.7. The molecule has 7 heterocycles. The lowest BCUT2D eigenvalue weighted by Crippen LogP contribution is -2.16. The van der Waals surface area contributed by atoms with E-state index in [1.807, 2.05) is 12.1 Å². The first kappa shape index (κ1) is 63.4. The summed E-state index contributed by atoms with van der Waals surface area (Å²) < 4.78 is 15.6. The molecule has 474 valence electrons. The van der Waals surface area contributed by atoms with Gasteiger partial charge in [-0.25, -0.2) is 14.8 Å². The van der Waals surface area contributed by atoms with Gasteiger partial charge in [0.15, 0.2) is 0 Å². The number of benzene rings is 6. The fourth-order valence-electron chi connectivity index (χ4n) is 12.4. The zero-order valence-electron chi connectivity index (χ0n) is 56.3. The van der Waals surface area contributed by atoms with E-state index in [9.17, 15) is 9.90 Å². The lowest BCUT2D eigenvalue weighted by atomic mass is 9.78. The van der Waals surface area contributed by atoms with Crippen molar-refractivity contribution in [3.63, 3.8) is 0 Å². The molecule has 11 heteroatoms. The predicted octanol–water partition coefficient (Wildman–Crippen LogP) is 21.5. The average molecular weight is 1270 g/mol. The number of aromatic nitrogens is 6. The Morgan fingerprint density at radius 2 is 1.03 bits per heavy atom. The highest BCUT2D eigenvalue weighted by Gasteiger charge is 2.27. The summed E-state index contributed by atoms with van der Waals surface area (Å²) in [6.07, 6.45) is 17.7. The lowest BCUT2D eigenvalue weighted by Gasteiger charge is -2.26. The fourth-order valence-corrected chi connectivity index (χ4v) is 13.0. The Hall–Kier alpha value is -10.4. The van der Waals surface area contributed by atoms with Gasteiger partial charge in [0.25, 0.3) is 0 Å². The van der Waals surface area contributed by atoms with Crippen LogP contribution in [0.2, 0.25) is 0 Å². The number of nitrogens with zero attached hydrogens (tertiary/aromatic N) is 5. The van der Waals surface area contributed by atoms with Crippen molar-refractivity contribution < 1.29 is 14.6 Å². The highest BCUT2D eigenvalue weighted by Crippen LogP contribution is 2.42. The van der Waals surface area contributed by atoms with Crippen LogP contribution in [-0.2, 0) is 26.4 Å². The van der Waals surface area contributed by atoms with E-state index in [2.05, 4.69) is 308 Å². The van der Waals surface area contributed by atoms with Gasteiger partial charge in [-0.15, -0.1) is 0 Å². The minimum atomic E-state index is -1.07. The van der Waals surface area contributed by atoms with Crippen molar-refractivity contribution in [1.29, 1.82) is 0 Å². The Kier molecular flexibility index (Phi) is 16.5. The first-order chi connectivity index (χ1) is 45.3. The zero-order valence-corrected chi connectivity index (χ0v) is 57.1.